The van der Waals surface area contributed by atoms with Crippen molar-refractivity contribution < 1.29 is 0 Å². The molecule has 0 aromatic rings. The Kier molecular flexibility index (Phi) is 1.87. The first-order valence-electron chi connectivity index (χ1n) is 6.21. The minimum Gasteiger partial charge on any atom is -0.0747 e. The van der Waals surface area contributed by atoms with Crippen molar-refractivity contribution in [3.05, 3.63) is 23.3 Å². The third-order valence-electron chi connectivity index (χ3n) is 4.26. The Labute approximate surface area is 87.1 Å². The van der Waals surface area contributed by atoms with E-state index in [0.29, 0.717) is 5.41 Å². The van der Waals surface area contributed by atoms with E-state index < -0.39 is 0 Å². The lowest BCUT2D eigenvalue weighted by atomic mass is 9.57. The smallest absolute Gasteiger partial charge is 0.00723 e. The molecule has 4 rings (SSSR count). The Morgan fingerprint density at radius 1 is 1.43 bits per heavy atom. The highest BCUT2D eigenvalue weighted by Crippen LogP contribution is 2.55. The van der Waals surface area contributed by atoms with E-state index in [1.54, 1.807) is 11.1 Å². The highest BCUT2D eigenvalue weighted by Gasteiger charge is 2.42. The fourth-order valence-electron chi connectivity index (χ4n) is 3.92. The summed E-state index contributed by atoms with van der Waals surface area (Å²) in [5.74, 6) is 1.01. The first-order valence-corrected chi connectivity index (χ1v) is 6.21. The lowest BCUT2D eigenvalue weighted by molar-refractivity contribution is 0.189. The molecule has 4 aliphatic carbocycles. The second kappa shape index (κ2) is 2.98. The Balaban J connectivity index is 1.87. The van der Waals surface area contributed by atoms with Gasteiger partial charge in [-0.25, -0.2) is 0 Å². The molecular formula is C14H20. The van der Waals surface area contributed by atoms with Crippen molar-refractivity contribution in [3.8, 4) is 0 Å². The molecule has 0 spiro atoms. The van der Waals surface area contributed by atoms with Gasteiger partial charge in [0.05, 0.1) is 0 Å². The summed E-state index contributed by atoms with van der Waals surface area (Å²) in [5, 5.41) is 0. The SMILES string of the molecule is CCCCC12C=C3C=C(CC(C3)C1)C2. The van der Waals surface area contributed by atoms with Gasteiger partial charge < -0.3 is 0 Å². The van der Waals surface area contributed by atoms with Gasteiger partial charge in [0.1, 0.15) is 0 Å². The van der Waals surface area contributed by atoms with Gasteiger partial charge in [0.25, 0.3) is 0 Å². The number of hydrogen-bond donors (Lipinski definition) is 0. The first-order chi connectivity index (χ1) is 6.80. The Morgan fingerprint density at radius 3 is 3.07 bits per heavy atom. The van der Waals surface area contributed by atoms with Crippen LogP contribution in [0.15, 0.2) is 23.3 Å². The summed E-state index contributed by atoms with van der Waals surface area (Å²) < 4.78 is 0. The summed E-state index contributed by atoms with van der Waals surface area (Å²) in [7, 11) is 0. The molecule has 76 valence electrons. The van der Waals surface area contributed by atoms with Gasteiger partial charge in [-0.05, 0) is 43.4 Å². The molecule has 0 saturated heterocycles. The second-order valence-corrected chi connectivity index (χ2v) is 5.64. The van der Waals surface area contributed by atoms with Crippen LogP contribution in [0, 0.1) is 11.3 Å². The molecule has 2 atom stereocenters. The number of unbranched alkanes of at least 4 members (excludes halogenated alkanes) is 1. The Hall–Kier alpha value is -0.520. The average Bonchev–Trinajstić information content (AvgIpc) is 2.12. The van der Waals surface area contributed by atoms with E-state index in [1.165, 1.54) is 44.9 Å². The van der Waals surface area contributed by atoms with Crippen LogP contribution in [-0.4, -0.2) is 0 Å². The molecule has 0 aromatic heterocycles. The lowest BCUT2D eigenvalue weighted by Gasteiger charge is -2.48. The van der Waals surface area contributed by atoms with Crippen molar-refractivity contribution in [2.75, 3.05) is 0 Å². The number of hydrogen-bond acceptors (Lipinski definition) is 0. The van der Waals surface area contributed by atoms with Crippen LogP contribution in [0.25, 0.3) is 0 Å². The van der Waals surface area contributed by atoms with Crippen molar-refractivity contribution in [3.63, 3.8) is 0 Å². The van der Waals surface area contributed by atoms with E-state index in [4.69, 9.17) is 0 Å². The summed E-state index contributed by atoms with van der Waals surface area (Å²) in [6, 6.07) is 0. The van der Waals surface area contributed by atoms with Gasteiger partial charge in [-0.1, -0.05) is 43.1 Å². The molecule has 4 bridgehead atoms. The van der Waals surface area contributed by atoms with E-state index in [9.17, 15) is 0 Å². The van der Waals surface area contributed by atoms with Crippen LogP contribution in [0.5, 0.6) is 0 Å². The summed E-state index contributed by atoms with van der Waals surface area (Å²) in [6.45, 7) is 2.31. The molecule has 0 aromatic carbocycles. The molecular weight excluding hydrogens is 168 g/mol. The van der Waals surface area contributed by atoms with E-state index in [2.05, 4.69) is 19.1 Å². The third kappa shape index (κ3) is 1.27. The topological polar surface area (TPSA) is 0 Å². The number of rotatable bonds is 3. The monoisotopic (exact) mass is 188 g/mol. The normalized spacial score (nSPS) is 38.5. The Bertz CT molecular complexity index is 308. The van der Waals surface area contributed by atoms with Crippen molar-refractivity contribution in [1.82, 2.24) is 0 Å². The fourth-order valence-corrected chi connectivity index (χ4v) is 3.92. The van der Waals surface area contributed by atoms with E-state index in [0.717, 1.165) is 5.92 Å². The molecule has 0 heteroatoms. The highest BCUT2D eigenvalue weighted by molar-refractivity contribution is 5.39. The zero-order chi connectivity index (χ0) is 9.60. The van der Waals surface area contributed by atoms with Gasteiger partial charge in [-0.15, -0.1) is 0 Å². The minimum absolute atomic E-state index is 0.622. The van der Waals surface area contributed by atoms with Crippen LogP contribution in [0.2, 0.25) is 0 Å². The summed E-state index contributed by atoms with van der Waals surface area (Å²) >= 11 is 0. The molecule has 4 aliphatic rings. The van der Waals surface area contributed by atoms with Gasteiger partial charge in [-0.2, -0.15) is 0 Å². The predicted molar refractivity (Wildman–Crippen MR) is 60.1 cm³/mol. The molecule has 0 heterocycles. The zero-order valence-corrected chi connectivity index (χ0v) is 9.18. The quantitative estimate of drug-likeness (QED) is 0.621. The molecule has 1 fully saturated rings. The van der Waals surface area contributed by atoms with Crippen LogP contribution in [-0.2, 0) is 0 Å². The van der Waals surface area contributed by atoms with Crippen LogP contribution in [0.1, 0.15) is 51.9 Å². The van der Waals surface area contributed by atoms with Gasteiger partial charge in [0, 0.05) is 0 Å². The maximum absolute atomic E-state index is 2.63. The average molecular weight is 188 g/mol. The largest absolute Gasteiger partial charge is 0.0747 e. The maximum atomic E-state index is 2.63. The van der Waals surface area contributed by atoms with Gasteiger partial charge >= 0.3 is 0 Å². The molecule has 1 saturated carbocycles. The van der Waals surface area contributed by atoms with Crippen LogP contribution in [0.3, 0.4) is 0 Å². The second-order valence-electron chi connectivity index (χ2n) is 5.64. The summed E-state index contributed by atoms with van der Waals surface area (Å²) in [6.07, 6.45) is 15.0. The lowest BCUT2D eigenvalue weighted by Crippen LogP contribution is -2.35. The molecule has 2 unspecified atom stereocenters. The van der Waals surface area contributed by atoms with E-state index >= 15 is 0 Å². The van der Waals surface area contributed by atoms with Crippen molar-refractivity contribution >= 4 is 0 Å². The van der Waals surface area contributed by atoms with Crippen LogP contribution >= 0.6 is 0 Å². The van der Waals surface area contributed by atoms with Crippen LogP contribution in [0.4, 0.5) is 0 Å². The highest BCUT2D eigenvalue weighted by atomic mass is 14.5. The molecule has 0 aliphatic heterocycles. The van der Waals surface area contributed by atoms with Gasteiger partial charge in [-0.3, -0.25) is 0 Å². The van der Waals surface area contributed by atoms with E-state index in [1.807, 2.05) is 0 Å². The summed E-state index contributed by atoms with van der Waals surface area (Å²) in [4.78, 5) is 0. The van der Waals surface area contributed by atoms with Gasteiger partial charge in [0.15, 0.2) is 0 Å². The van der Waals surface area contributed by atoms with Crippen molar-refractivity contribution in [2.24, 2.45) is 11.3 Å². The third-order valence-corrected chi connectivity index (χ3v) is 4.26. The van der Waals surface area contributed by atoms with Crippen LogP contribution < -0.4 is 0 Å². The maximum Gasteiger partial charge on any atom is -0.00723 e. The zero-order valence-electron chi connectivity index (χ0n) is 9.18. The van der Waals surface area contributed by atoms with E-state index in [-0.39, 0.29) is 0 Å². The molecule has 0 amide bonds. The first kappa shape index (κ1) is 8.76. The standard InChI is InChI=1S/C14H20/c1-2-3-4-14-8-11-5-12(9-14)7-13(6-11)10-14/h5,8,13H,2-4,6-7,9-10H2,1H3. The minimum atomic E-state index is 0.622. The van der Waals surface area contributed by atoms with Crippen molar-refractivity contribution in [1.29, 1.82) is 0 Å². The number of allylic oxidation sites excluding steroid dienone is 4. The van der Waals surface area contributed by atoms with Gasteiger partial charge in [0.2, 0.25) is 0 Å². The molecule has 0 radical (unpaired) electrons. The molecule has 14 heavy (non-hydrogen) atoms. The summed E-state index contributed by atoms with van der Waals surface area (Å²) in [5.41, 5.74) is 4.06. The fraction of sp³-hybridized carbons (Fsp3) is 0.714. The molecule has 0 N–H and O–H groups in total. The predicted octanol–water partition coefficient (Wildman–Crippen LogP) is 4.23. The molecule has 0 nitrogen and oxygen atoms in total. The van der Waals surface area contributed by atoms with Crippen molar-refractivity contribution in [2.45, 2.75) is 51.9 Å². The Morgan fingerprint density at radius 2 is 2.36 bits per heavy atom.